The summed E-state index contributed by atoms with van der Waals surface area (Å²) in [5.74, 6) is -1.99. The number of pyridine rings is 1. The Bertz CT molecular complexity index is 1520. The largest absolute Gasteiger partial charge is 0.340 e. The zero-order valence-corrected chi connectivity index (χ0v) is 28.5. The number of carbonyl (C=O) groups excluding carboxylic acids is 4. The van der Waals surface area contributed by atoms with E-state index in [0.717, 1.165) is 99.6 Å². The van der Waals surface area contributed by atoms with E-state index in [-0.39, 0.29) is 24.0 Å². The Balaban J connectivity index is 1.28. The number of nitrogens with one attached hydrogen (secondary N) is 4. The molecule has 0 radical (unpaired) electrons. The van der Waals surface area contributed by atoms with Gasteiger partial charge in [0.2, 0.25) is 0 Å². The number of amides is 4. The van der Waals surface area contributed by atoms with E-state index in [0.29, 0.717) is 0 Å². The van der Waals surface area contributed by atoms with Crippen LogP contribution in [0.5, 0.6) is 0 Å². The van der Waals surface area contributed by atoms with Crippen molar-refractivity contribution in [2.75, 3.05) is 0 Å². The number of rotatable bonds is 12. The minimum Gasteiger partial charge on any atom is -0.340 e. The number of carbonyl (C=O) groups is 4. The Labute approximate surface area is 293 Å². The number of hydrogen-bond donors (Lipinski definition) is 4. The second kappa shape index (κ2) is 19.1. The molecule has 5 rings (SSSR count). The van der Waals surface area contributed by atoms with Gasteiger partial charge in [0, 0.05) is 36.7 Å². The summed E-state index contributed by atoms with van der Waals surface area (Å²) < 4.78 is 0. The molecule has 3 aromatic rings. The average molecular weight is 678 g/mol. The monoisotopic (exact) mass is 677 g/mol. The SMILES string of the molecule is O=C(N[C@@H](Cc1ccccc1)C(=O)NN=C1CCCCCC1)c1cncc(C(=O)N[C@@H](Cc2ccccc2)C(=O)NN=C2CCCCCC2)c1. The van der Waals surface area contributed by atoms with Crippen LogP contribution in [-0.2, 0) is 22.4 Å². The van der Waals surface area contributed by atoms with Crippen LogP contribution in [0.4, 0.5) is 0 Å². The molecule has 11 nitrogen and oxygen atoms in total. The molecule has 2 aliphatic rings. The van der Waals surface area contributed by atoms with E-state index < -0.39 is 35.7 Å². The van der Waals surface area contributed by atoms with Crippen molar-refractivity contribution in [2.45, 2.75) is 102 Å². The number of aromatic nitrogens is 1. The first-order valence-electron chi connectivity index (χ1n) is 17.8. The molecule has 2 aromatic carbocycles. The average Bonchev–Trinajstić information content (AvgIpc) is 3.59. The fourth-order valence-corrected chi connectivity index (χ4v) is 6.21. The maximum absolute atomic E-state index is 13.5. The highest BCUT2D eigenvalue weighted by molar-refractivity contribution is 6.02. The highest BCUT2D eigenvalue weighted by Gasteiger charge is 2.25. The summed E-state index contributed by atoms with van der Waals surface area (Å²) in [5.41, 5.74) is 9.21. The normalized spacial score (nSPS) is 16.1. The molecule has 2 fully saturated rings. The summed E-state index contributed by atoms with van der Waals surface area (Å²) in [6, 6.07) is 18.4. The van der Waals surface area contributed by atoms with Crippen LogP contribution in [0, 0.1) is 0 Å². The van der Waals surface area contributed by atoms with Crippen LogP contribution in [0.1, 0.15) is 109 Å². The lowest BCUT2D eigenvalue weighted by atomic mass is 10.0. The number of benzene rings is 2. The van der Waals surface area contributed by atoms with Gasteiger partial charge >= 0.3 is 0 Å². The summed E-state index contributed by atoms with van der Waals surface area (Å²) >= 11 is 0. The first-order valence-corrected chi connectivity index (χ1v) is 17.8. The fraction of sp³-hybridized carbons (Fsp3) is 0.410. The van der Waals surface area contributed by atoms with Crippen molar-refractivity contribution in [1.29, 1.82) is 0 Å². The second-order valence-electron chi connectivity index (χ2n) is 13.0. The van der Waals surface area contributed by atoms with E-state index in [2.05, 4.69) is 36.7 Å². The molecule has 0 unspecified atom stereocenters. The van der Waals surface area contributed by atoms with Crippen LogP contribution in [0.2, 0.25) is 0 Å². The Kier molecular flexibility index (Phi) is 13.8. The highest BCUT2D eigenvalue weighted by Crippen LogP contribution is 2.16. The molecule has 11 heteroatoms. The lowest BCUT2D eigenvalue weighted by molar-refractivity contribution is -0.123. The molecule has 262 valence electrons. The van der Waals surface area contributed by atoms with Gasteiger partial charge in [-0.3, -0.25) is 24.2 Å². The second-order valence-corrected chi connectivity index (χ2v) is 13.0. The molecule has 1 heterocycles. The van der Waals surface area contributed by atoms with Gasteiger partial charge in [-0.1, -0.05) is 86.3 Å². The minimum atomic E-state index is -0.924. The molecule has 2 atom stereocenters. The Morgan fingerprint density at radius 1 is 0.560 bits per heavy atom. The van der Waals surface area contributed by atoms with Gasteiger partial charge in [-0.05, 0) is 68.6 Å². The van der Waals surface area contributed by atoms with E-state index in [1.165, 1.54) is 18.5 Å². The van der Waals surface area contributed by atoms with E-state index in [1.54, 1.807) is 0 Å². The van der Waals surface area contributed by atoms with Crippen molar-refractivity contribution < 1.29 is 19.2 Å². The smallest absolute Gasteiger partial charge is 0.262 e. The molecule has 2 saturated carbocycles. The van der Waals surface area contributed by atoms with Crippen molar-refractivity contribution in [3.8, 4) is 0 Å². The maximum atomic E-state index is 13.5. The predicted molar refractivity (Wildman–Crippen MR) is 194 cm³/mol. The molecule has 0 bridgehead atoms. The van der Waals surface area contributed by atoms with Gasteiger partial charge in [0.1, 0.15) is 12.1 Å². The van der Waals surface area contributed by atoms with Crippen molar-refractivity contribution in [3.05, 3.63) is 101 Å². The van der Waals surface area contributed by atoms with Crippen LogP contribution in [-0.4, -0.2) is 52.1 Å². The molecule has 1 aromatic heterocycles. The summed E-state index contributed by atoms with van der Waals surface area (Å²) in [6.45, 7) is 0. The third kappa shape index (κ3) is 11.5. The first-order chi connectivity index (χ1) is 24.4. The summed E-state index contributed by atoms with van der Waals surface area (Å²) in [7, 11) is 0. The molecular weight excluding hydrogens is 630 g/mol. The van der Waals surface area contributed by atoms with Crippen molar-refractivity contribution in [1.82, 2.24) is 26.5 Å². The molecule has 50 heavy (non-hydrogen) atoms. The van der Waals surface area contributed by atoms with Crippen molar-refractivity contribution in [2.24, 2.45) is 10.2 Å². The molecule has 2 aliphatic carbocycles. The number of nitrogens with zero attached hydrogens (tertiary/aromatic N) is 3. The van der Waals surface area contributed by atoms with Crippen LogP contribution in [0.3, 0.4) is 0 Å². The minimum absolute atomic E-state index is 0.0995. The molecule has 0 spiro atoms. The third-order valence-electron chi connectivity index (χ3n) is 9.08. The molecule has 0 aliphatic heterocycles. The van der Waals surface area contributed by atoms with Gasteiger partial charge in [-0.25, -0.2) is 10.9 Å². The van der Waals surface area contributed by atoms with Crippen LogP contribution < -0.4 is 21.5 Å². The van der Waals surface area contributed by atoms with Gasteiger partial charge in [0.25, 0.3) is 23.6 Å². The van der Waals surface area contributed by atoms with Gasteiger partial charge in [-0.2, -0.15) is 10.2 Å². The highest BCUT2D eigenvalue weighted by atomic mass is 16.2. The maximum Gasteiger partial charge on any atom is 0.262 e. The summed E-state index contributed by atoms with van der Waals surface area (Å²) in [6.07, 6.45) is 15.3. The van der Waals surface area contributed by atoms with E-state index in [1.807, 2.05) is 60.7 Å². The molecule has 4 amide bonds. The lowest BCUT2D eigenvalue weighted by Crippen LogP contribution is -2.47. The van der Waals surface area contributed by atoms with Crippen molar-refractivity contribution in [3.63, 3.8) is 0 Å². The topological polar surface area (TPSA) is 154 Å². The number of hydrogen-bond acceptors (Lipinski definition) is 7. The van der Waals surface area contributed by atoms with E-state index in [9.17, 15) is 19.2 Å². The zero-order valence-electron chi connectivity index (χ0n) is 28.5. The molecule has 0 saturated heterocycles. The van der Waals surface area contributed by atoms with Gasteiger partial charge < -0.3 is 10.6 Å². The van der Waals surface area contributed by atoms with Gasteiger partial charge in [-0.15, -0.1) is 0 Å². The van der Waals surface area contributed by atoms with Gasteiger partial charge in [0.15, 0.2) is 0 Å². The fourth-order valence-electron chi connectivity index (χ4n) is 6.21. The summed E-state index contributed by atoms with van der Waals surface area (Å²) in [4.78, 5) is 57.9. The van der Waals surface area contributed by atoms with Crippen LogP contribution >= 0.6 is 0 Å². The molecular formula is C39H47N7O4. The van der Waals surface area contributed by atoms with E-state index in [4.69, 9.17) is 0 Å². The lowest BCUT2D eigenvalue weighted by Gasteiger charge is -2.19. The first kappa shape index (κ1) is 36.1. The standard InChI is InChI=1S/C39H47N7O4/c47-36(41-34(23-28-15-7-5-8-16-28)38(49)45-43-32-19-11-1-2-12-20-32)30-25-31(27-40-26-30)37(48)42-35(24-29-17-9-6-10-18-29)39(50)46-44-33-21-13-3-4-14-22-33/h5-10,15-18,25-27,34-35H,1-4,11-14,19-24H2,(H,41,47)(H,42,48)(H,45,49)(H,46,50)/t34-,35-/m0/s1. The van der Waals surface area contributed by atoms with Gasteiger partial charge in [0.05, 0.1) is 11.1 Å². The van der Waals surface area contributed by atoms with E-state index >= 15 is 0 Å². The summed E-state index contributed by atoms with van der Waals surface area (Å²) in [5, 5.41) is 14.4. The molecule has 4 N–H and O–H groups in total. The van der Waals surface area contributed by atoms with Crippen LogP contribution in [0.25, 0.3) is 0 Å². The zero-order chi connectivity index (χ0) is 35.0. The predicted octanol–water partition coefficient (Wildman–Crippen LogP) is 5.42. The quantitative estimate of drug-likeness (QED) is 0.149. The third-order valence-corrected chi connectivity index (χ3v) is 9.08. The van der Waals surface area contributed by atoms with Crippen LogP contribution in [0.15, 0.2) is 89.3 Å². The Morgan fingerprint density at radius 2 is 0.940 bits per heavy atom. The Hall–Kier alpha value is -5.19. The Morgan fingerprint density at radius 3 is 1.32 bits per heavy atom. The number of hydrazone groups is 2. The van der Waals surface area contributed by atoms with Crippen molar-refractivity contribution >= 4 is 35.1 Å².